The van der Waals surface area contributed by atoms with Crippen LogP contribution in [0.5, 0.6) is 0 Å². The Morgan fingerprint density at radius 3 is 2.86 bits per heavy atom. The number of nitrogens with zero attached hydrogens (tertiary/aromatic N) is 3. The molecule has 0 saturated carbocycles. The molecule has 0 N–H and O–H groups in total. The number of rotatable bonds is 4. The first-order valence-corrected chi connectivity index (χ1v) is 8.87. The number of aromatic nitrogens is 3. The highest BCUT2D eigenvalue weighted by molar-refractivity contribution is 7.98. The van der Waals surface area contributed by atoms with E-state index in [-0.39, 0.29) is 5.82 Å². The van der Waals surface area contributed by atoms with Gasteiger partial charge in [-0.05, 0) is 18.4 Å². The molecule has 1 atom stereocenters. The Hall–Kier alpha value is -1.40. The molecule has 0 aliphatic rings. The van der Waals surface area contributed by atoms with Gasteiger partial charge in [-0.2, -0.15) is 11.8 Å². The number of aryl methyl sites for hydroxylation is 1. The summed E-state index contributed by atoms with van der Waals surface area (Å²) in [5.41, 5.74) is 3.00. The van der Waals surface area contributed by atoms with E-state index >= 15 is 0 Å². The lowest BCUT2D eigenvalue weighted by Gasteiger charge is -2.11. The van der Waals surface area contributed by atoms with Crippen LogP contribution in [0.15, 0.2) is 24.5 Å². The molecule has 0 saturated heterocycles. The summed E-state index contributed by atoms with van der Waals surface area (Å²) in [5.74, 6) is 1.25. The third kappa shape index (κ3) is 2.70. The zero-order chi connectivity index (χ0) is 15.0. The lowest BCUT2D eigenvalue weighted by molar-refractivity contribution is 0.622. The van der Waals surface area contributed by atoms with E-state index in [9.17, 15) is 4.39 Å². The zero-order valence-corrected chi connectivity index (χ0v) is 13.8. The van der Waals surface area contributed by atoms with E-state index in [4.69, 9.17) is 0 Å². The average Bonchev–Trinajstić information content (AvgIpc) is 2.99. The molecule has 21 heavy (non-hydrogen) atoms. The second kappa shape index (κ2) is 5.77. The van der Waals surface area contributed by atoms with Crippen molar-refractivity contribution in [2.24, 2.45) is 7.05 Å². The Balaban J connectivity index is 2.03. The van der Waals surface area contributed by atoms with Gasteiger partial charge in [0, 0.05) is 36.2 Å². The summed E-state index contributed by atoms with van der Waals surface area (Å²) in [4.78, 5) is 9.64. The topological polar surface area (TPSA) is 30.7 Å². The summed E-state index contributed by atoms with van der Waals surface area (Å²) in [6, 6.07) is 3.62. The maximum Gasteiger partial charge on any atom is 0.142 e. The minimum Gasteiger partial charge on any atom is -0.338 e. The van der Waals surface area contributed by atoms with Crippen molar-refractivity contribution in [2.75, 3.05) is 12.0 Å². The molecule has 0 amide bonds. The van der Waals surface area contributed by atoms with Crippen LogP contribution in [0.1, 0.15) is 18.5 Å². The summed E-state index contributed by atoms with van der Waals surface area (Å²) in [6.45, 7) is 2.23. The molecule has 110 valence electrons. The van der Waals surface area contributed by atoms with Crippen LogP contribution in [0, 0.1) is 5.82 Å². The van der Waals surface area contributed by atoms with Crippen LogP contribution < -0.4 is 0 Å². The van der Waals surface area contributed by atoms with Crippen molar-refractivity contribution in [2.45, 2.75) is 12.8 Å². The molecule has 0 spiro atoms. The van der Waals surface area contributed by atoms with E-state index in [2.05, 4.69) is 40.8 Å². The first kappa shape index (κ1) is 14.5. The van der Waals surface area contributed by atoms with Gasteiger partial charge in [-0.1, -0.05) is 18.3 Å². The molecule has 0 fully saturated rings. The molecule has 3 nitrogen and oxygen atoms in total. The van der Waals surface area contributed by atoms with Gasteiger partial charge in [0.05, 0.1) is 6.20 Å². The average molecular weight is 321 g/mol. The van der Waals surface area contributed by atoms with E-state index in [1.807, 2.05) is 11.8 Å². The maximum atomic E-state index is 13.3. The van der Waals surface area contributed by atoms with E-state index in [0.717, 1.165) is 26.7 Å². The van der Waals surface area contributed by atoms with Gasteiger partial charge in [-0.3, -0.25) is 4.98 Å². The van der Waals surface area contributed by atoms with Crippen LogP contribution in [-0.2, 0) is 7.05 Å². The number of halogens is 1. The summed E-state index contributed by atoms with van der Waals surface area (Å²) in [6.07, 6.45) is 4.98. The van der Waals surface area contributed by atoms with Crippen LogP contribution in [0.2, 0.25) is 0 Å². The van der Waals surface area contributed by atoms with Gasteiger partial charge in [0.25, 0.3) is 0 Å². The number of pyridine rings is 1. The normalized spacial score (nSPS) is 13.0. The molecule has 6 heteroatoms. The lowest BCUT2D eigenvalue weighted by atomic mass is 10.1. The van der Waals surface area contributed by atoms with Crippen LogP contribution >= 0.6 is 23.1 Å². The van der Waals surface area contributed by atoms with Crippen molar-refractivity contribution >= 4 is 33.4 Å². The second-order valence-electron chi connectivity index (χ2n) is 5.09. The fourth-order valence-electron chi connectivity index (χ4n) is 2.47. The third-order valence-electron chi connectivity index (χ3n) is 3.48. The van der Waals surface area contributed by atoms with E-state index < -0.39 is 0 Å². The molecule has 1 unspecified atom stereocenters. The van der Waals surface area contributed by atoms with Crippen molar-refractivity contribution in [1.82, 2.24) is 14.5 Å². The predicted octanol–water partition coefficient (Wildman–Crippen LogP) is 4.30. The smallest absolute Gasteiger partial charge is 0.142 e. The maximum absolute atomic E-state index is 13.3. The quantitative estimate of drug-likeness (QED) is 0.718. The summed E-state index contributed by atoms with van der Waals surface area (Å²) >= 11 is 3.43. The minimum absolute atomic E-state index is 0.332. The number of hydrogen-bond acceptors (Lipinski definition) is 4. The highest BCUT2D eigenvalue weighted by atomic mass is 32.2. The minimum atomic E-state index is -0.332. The number of thioether (sulfide) groups is 1. The molecule has 0 radical (unpaired) electrons. The molecular formula is C15H16FN3S2. The molecule has 3 aromatic rings. The number of hydrogen-bond donors (Lipinski definition) is 0. The number of fused-ring (bicyclic) bond motifs is 1. The summed E-state index contributed by atoms with van der Waals surface area (Å²) in [5, 5.41) is 0.812. The van der Waals surface area contributed by atoms with E-state index in [1.54, 1.807) is 17.5 Å². The van der Waals surface area contributed by atoms with Crippen LogP contribution in [0.4, 0.5) is 4.39 Å². The van der Waals surface area contributed by atoms with Gasteiger partial charge < -0.3 is 4.57 Å². The van der Waals surface area contributed by atoms with Crippen molar-refractivity contribution in [3.63, 3.8) is 0 Å². The van der Waals surface area contributed by atoms with Gasteiger partial charge in [-0.25, -0.2) is 9.37 Å². The van der Waals surface area contributed by atoms with Gasteiger partial charge in [0.2, 0.25) is 0 Å². The SMILES string of the molecule is CSCC(C)c1cc2nc(-c3cncc(F)c3)sc2n1C. The molecular weight excluding hydrogens is 305 g/mol. The zero-order valence-electron chi connectivity index (χ0n) is 12.1. The van der Waals surface area contributed by atoms with Crippen molar-refractivity contribution < 1.29 is 4.39 Å². The highest BCUT2D eigenvalue weighted by Crippen LogP contribution is 2.34. The largest absolute Gasteiger partial charge is 0.338 e. The second-order valence-corrected chi connectivity index (χ2v) is 6.97. The van der Waals surface area contributed by atoms with Crippen molar-refractivity contribution in [3.05, 3.63) is 36.0 Å². The van der Waals surface area contributed by atoms with Crippen molar-refractivity contribution in [3.8, 4) is 10.6 Å². The Kier molecular flexibility index (Phi) is 3.99. The first-order valence-electron chi connectivity index (χ1n) is 6.66. The Bertz CT molecular complexity index is 778. The van der Waals surface area contributed by atoms with Crippen molar-refractivity contribution in [1.29, 1.82) is 0 Å². The Morgan fingerprint density at radius 1 is 1.38 bits per heavy atom. The van der Waals surface area contributed by atoms with Crippen LogP contribution in [0.25, 0.3) is 20.9 Å². The lowest BCUT2D eigenvalue weighted by Crippen LogP contribution is -2.02. The summed E-state index contributed by atoms with van der Waals surface area (Å²) in [7, 11) is 2.07. The molecule has 0 aliphatic heterocycles. The molecule has 0 aliphatic carbocycles. The van der Waals surface area contributed by atoms with Gasteiger partial charge >= 0.3 is 0 Å². The highest BCUT2D eigenvalue weighted by Gasteiger charge is 2.16. The predicted molar refractivity (Wildman–Crippen MR) is 88.6 cm³/mol. The molecule has 3 heterocycles. The third-order valence-corrected chi connectivity index (χ3v) is 5.51. The standard InChI is InChI=1S/C15H16FN3S2/c1-9(8-20-3)13-5-12-15(19(13)2)21-14(18-12)10-4-11(16)7-17-6-10/h4-7,9H,8H2,1-3H3. The Labute approximate surface area is 131 Å². The fraction of sp³-hybridized carbons (Fsp3) is 0.333. The van der Waals surface area contributed by atoms with E-state index in [0.29, 0.717) is 5.92 Å². The molecule has 3 aromatic heterocycles. The monoisotopic (exact) mass is 321 g/mol. The van der Waals surface area contributed by atoms with Gasteiger partial charge in [0.15, 0.2) is 0 Å². The molecule has 0 aromatic carbocycles. The van der Waals surface area contributed by atoms with Crippen LogP contribution in [-0.4, -0.2) is 26.5 Å². The van der Waals surface area contributed by atoms with E-state index in [1.165, 1.54) is 18.0 Å². The fourth-order valence-corrected chi connectivity index (χ4v) is 4.15. The van der Waals surface area contributed by atoms with Crippen LogP contribution in [0.3, 0.4) is 0 Å². The van der Waals surface area contributed by atoms with Gasteiger partial charge in [0.1, 0.15) is 21.2 Å². The van der Waals surface area contributed by atoms with Gasteiger partial charge in [-0.15, -0.1) is 0 Å². The first-order chi connectivity index (χ1) is 10.1. The molecule has 0 bridgehead atoms. The Morgan fingerprint density at radius 2 is 2.19 bits per heavy atom. The number of thiazole rings is 1. The summed E-state index contributed by atoms with van der Waals surface area (Å²) < 4.78 is 15.5. The molecule has 3 rings (SSSR count).